The Morgan fingerprint density at radius 2 is 1.69 bits per heavy atom. The zero-order valence-corrected chi connectivity index (χ0v) is 26.3. The molecule has 1 saturated carbocycles. The maximum Gasteiger partial charge on any atom is 0.349 e. The first-order valence-corrected chi connectivity index (χ1v) is 15.9. The molecule has 1 aliphatic rings. The van der Waals surface area contributed by atoms with E-state index in [4.69, 9.17) is 25.8 Å². The second-order valence-electron chi connectivity index (χ2n) is 10.4. The number of hydrogen-bond acceptors (Lipinski definition) is 10. The molecule has 228 valence electrons. The molecule has 0 saturated heterocycles. The normalized spacial score (nSPS) is 17.2. The van der Waals surface area contributed by atoms with Gasteiger partial charge in [0.05, 0.1) is 28.5 Å². The van der Waals surface area contributed by atoms with Gasteiger partial charge in [-0.2, -0.15) is 0 Å². The topological polar surface area (TPSA) is 109 Å². The van der Waals surface area contributed by atoms with Crippen molar-refractivity contribution in [2.75, 3.05) is 40.9 Å². The number of carbonyl (C=O) groups excluding carboxylic acids is 2. The van der Waals surface area contributed by atoms with Gasteiger partial charge in [-0.3, -0.25) is 4.79 Å². The van der Waals surface area contributed by atoms with Gasteiger partial charge in [0, 0.05) is 26.2 Å². The summed E-state index contributed by atoms with van der Waals surface area (Å²) in [5, 5.41) is 24.8. The summed E-state index contributed by atoms with van der Waals surface area (Å²) in [5.41, 5.74) is -1.21. The summed E-state index contributed by atoms with van der Waals surface area (Å²) < 4.78 is 16.8. The molecule has 42 heavy (non-hydrogen) atoms. The summed E-state index contributed by atoms with van der Waals surface area (Å²) in [6.45, 7) is 0.793. The standard InChI is InChI=1S/C30H37ClN2O7S2/c1-32(12-13-33(2)27(35)19-39-28-23(31)16-20(18-34)17-24(28)38-3)21-8-10-22(11-9-21)40-29(36)30(37,25-6-4-14-41-25)26-7-5-15-42-26/h4-7,14-17,21-22,34,37H,8-13,18-19H2,1-3H3/t21-,22-. The van der Waals surface area contributed by atoms with Crippen molar-refractivity contribution in [1.29, 1.82) is 0 Å². The van der Waals surface area contributed by atoms with E-state index in [0.29, 0.717) is 53.0 Å². The van der Waals surface area contributed by atoms with Gasteiger partial charge in [0.1, 0.15) is 6.10 Å². The number of likely N-dealkylation sites (N-methyl/N-ethyl adjacent to an activating group) is 2. The van der Waals surface area contributed by atoms with Crippen LogP contribution in [-0.4, -0.2) is 84.9 Å². The lowest BCUT2D eigenvalue weighted by atomic mass is 9.91. The Bertz CT molecular complexity index is 1280. The minimum Gasteiger partial charge on any atom is -0.493 e. The molecule has 0 spiro atoms. The van der Waals surface area contributed by atoms with Crippen molar-refractivity contribution in [3.8, 4) is 11.5 Å². The molecule has 0 radical (unpaired) electrons. The quantitative estimate of drug-likeness (QED) is 0.264. The van der Waals surface area contributed by atoms with Gasteiger partial charge in [-0.05, 0) is 73.3 Å². The van der Waals surface area contributed by atoms with Crippen molar-refractivity contribution in [2.24, 2.45) is 0 Å². The summed E-state index contributed by atoms with van der Waals surface area (Å²) in [4.78, 5) is 30.9. The number of aliphatic hydroxyl groups is 2. The Labute approximate surface area is 259 Å². The van der Waals surface area contributed by atoms with Crippen LogP contribution in [0.15, 0.2) is 47.2 Å². The van der Waals surface area contributed by atoms with Gasteiger partial charge in [0.2, 0.25) is 5.60 Å². The van der Waals surface area contributed by atoms with E-state index in [9.17, 15) is 19.8 Å². The van der Waals surface area contributed by atoms with Crippen molar-refractivity contribution in [3.63, 3.8) is 0 Å². The van der Waals surface area contributed by atoms with Crippen molar-refractivity contribution in [2.45, 2.75) is 50.0 Å². The van der Waals surface area contributed by atoms with Crippen LogP contribution in [0.5, 0.6) is 11.5 Å². The lowest BCUT2D eigenvalue weighted by Gasteiger charge is -2.36. The molecular formula is C30H37ClN2O7S2. The number of halogens is 1. The predicted molar refractivity (Wildman–Crippen MR) is 163 cm³/mol. The number of nitrogens with zero attached hydrogens (tertiary/aromatic N) is 2. The largest absolute Gasteiger partial charge is 0.493 e. The van der Waals surface area contributed by atoms with E-state index >= 15 is 0 Å². The lowest BCUT2D eigenvalue weighted by molar-refractivity contribution is -0.169. The molecule has 1 fully saturated rings. The van der Waals surface area contributed by atoms with E-state index < -0.39 is 11.6 Å². The van der Waals surface area contributed by atoms with Gasteiger partial charge in [-0.15, -0.1) is 22.7 Å². The first kappa shape index (κ1) is 32.2. The van der Waals surface area contributed by atoms with Crippen LogP contribution in [-0.2, 0) is 26.5 Å². The number of aliphatic hydroxyl groups excluding tert-OH is 1. The molecule has 1 aliphatic carbocycles. The van der Waals surface area contributed by atoms with E-state index in [-0.39, 0.29) is 36.0 Å². The monoisotopic (exact) mass is 636 g/mol. The maximum atomic E-state index is 13.3. The Morgan fingerprint density at radius 3 is 2.24 bits per heavy atom. The molecule has 2 heterocycles. The van der Waals surface area contributed by atoms with Crippen LogP contribution >= 0.6 is 34.3 Å². The number of ether oxygens (including phenoxy) is 3. The Morgan fingerprint density at radius 1 is 1.05 bits per heavy atom. The summed E-state index contributed by atoms with van der Waals surface area (Å²) >= 11 is 8.93. The minimum atomic E-state index is -1.80. The first-order chi connectivity index (χ1) is 20.2. The highest BCUT2D eigenvalue weighted by Gasteiger charge is 2.45. The summed E-state index contributed by atoms with van der Waals surface area (Å²) in [6, 6.07) is 10.6. The zero-order chi connectivity index (χ0) is 30.3. The first-order valence-electron chi connectivity index (χ1n) is 13.7. The molecule has 0 bridgehead atoms. The number of benzene rings is 1. The molecule has 4 rings (SSSR count). The van der Waals surface area contributed by atoms with Gasteiger partial charge in [0.25, 0.3) is 5.91 Å². The fourth-order valence-electron chi connectivity index (χ4n) is 5.00. The van der Waals surface area contributed by atoms with Gasteiger partial charge in [-0.1, -0.05) is 23.7 Å². The third kappa shape index (κ3) is 7.45. The molecule has 9 nitrogen and oxygen atoms in total. The number of carbonyl (C=O) groups is 2. The van der Waals surface area contributed by atoms with Gasteiger partial charge < -0.3 is 34.2 Å². The molecule has 2 aromatic heterocycles. The second kappa shape index (κ2) is 14.7. The minimum absolute atomic E-state index is 0.188. The molecule has 0 aliphatic heterocycles. The molecule has 0 atom stereocenters. The molecular weight excluding hydrogens is 600 g/mol. The Kier molecular flexibility index (Phi) is 11.3. The van der Waals surface area contributed by atoms with Gasteiger partial charge in [-0.25, -0.2) is 4.79 Å². The predicted octanol–water partition coefficient (Wildman–Crippen LogP) is 4.52. The van der Waals surface area contributed by atoms with E-state index in [1.807, 2.05) is 29.9 Å². The lowest BCUT2D eigenvalue weighted by Crippen LogP contribution is -2.44. The van der Waals surface area contributed by atoms with Crippen LogP contribution in [0.1, 0.15) is 41.0 Å². The molecule has 3 aromatic rings. The second-order valence-corrected chi connectivity index (χ2v) is 12.7. The van der Waals surface area contributed by atoms with Crippen LogP contribution in [0.3, 0.4) is 0 Å². The van der Waals surface area contributed by atoms with Crippen LogP contribution in [0.2, 0.25) is 5.02 Å². The SMILES string of the molecule is COc1cc(CO)cc(Cl)c1OCC(=O)N(C)CCN(C)[C@H]1CC[C@H](OC(=O)C(O)(c2cccs2)c2cccs2)CC1. The molecule has 2 N–H and O–H groups in total. The molecule has 12 heteroatoms. The third-order valence-corrected chi connectivity index (χ3v) is 9.86. The van der Waals surface area contributed by atoms with Crippen LogP contribution in [0.25, 0.3) is 0 Å². The van der Waals surface area contributed by atoms with E-state index in [0.717, 1.165) is 12.8 Å². The Balaban J connectivity index is 1.23. The molecule has 1 amide bonds. The van der Waals surface area contributed by atoms with Crippen molar-refractivity contribution >= 4 is 46.2 Å². The fraction of sp³-hybridized carbons (Fsp3) is 0.467. The van der Waals surface area contributed by atoms with E-state index in [1.54, 1.807) is 36.2 Å². The molecule has 1 aromatic carbocycles. The highest BCUT2D eigenvalue weighted by molar-refractivity contribution is 7.12. The van der Waals surface area contributed by atoms with E-state index in [2.05, 4.69) is 4.90 Å². The van der Waals surface area contributed by atoms with Crippen molar-refractivity contribution in [1.82, 2.24) is 9.80 Å². The summed E-state index contributed by atoms with van der Waals surface area (Å²) in [7, 11) is 5.23. The zero-order valence-electron chi connectivity index (χ0n) is 24.0. The number of thiophene rings is 2. The number of rotatable bonds is 13. The molecule has 0 unspecified atom stereocenters. The van der Waals surface area contributed by atoms with Gasteiger partial charge >= 0.3 is 5.97 Å². The number of methoxy groups -OCH3 is 1. The number of amides is 1. The van der Waals surface area contributed by atoms with Crippen molar-refractivity contribution < 1.29 is 34.0 Å². The highest BCUT2D eigenvalue weighted by atomic mass is 35.5. The van der Waals surface area contributed by atoms with Gasteiger partial charge in [0.15, 0.2) is 18.1 Å². The van der Waals surface area contributed by atoms with E-state index in [1.165, 1.54) is 29.8 Å². The Hall–Kier alpha value is -2.67. The maximum absolute atomic E-state index is 13.3. The van der Waals surface area contributed by atoms with Crippen LogP contribution in [0.4, 0.5) is 0 Å². The third-order valence-electron chi connectivity index (χ3n) is 7.62. The highest BCUT2D eigenvalue weighted by Crippen LogP contribution is 2.38. The smallest absolute Gasteiger partial charge is 0.349 e. The number of esters is 1. The number of hydrogen-bond donors (Lipinski definition) is 2. The van der Waals surface area contributed by atoms with Crippen LogP contribution in [0, 0.1) is 0 Å². The average molecular weight is 637 g/mol. The summed E-state index contributed by atoms with van der Waals surface area (Å²) in [5.74, 6) is -0.218. The summed E-state index contributed by atoms with van der Waals surface area (Å²) in [6.07, 6.45) is 2.82. The van der Waals surface area contributed by atoms with Crippen molar-refractivity contribution in [3.05, 3.63) is 67.5 Å². The average Bonchev–Trinajstić information content (AvgIpc) is 3.74. The fourth-order valence-corrected chi connectivity index (χ4v) is 7.00. The van der Waals surface area contributed by atoms with Crippen LogP contribution < -0.4 is 9.47 Å².